The van der Waals surface area contributed by atoms with Gasteiger partial charge in [-0.1, -0.05) is 13.3 Å². The molecule has 0 aliphatic rings. The Morgan fingerprint density at radius 2 is 2.17 bits per heavy atom. The second-order valence-corrected chi connectivity index (χ2v) is 4.63. The number of rotatable bonds is 5. The highest BCUT2D eigenvalue weighted by Crippen LogP contribution is 2.17. The highest BCUT2D eigenvalue weighted by Gasteiger charge is 2.18. The van der Waals surface area contributed by atoms with Crippen molar-refractivity contribution in [1.29, 1.82) is 5.41 Å². The van der Waals surface area contributed by atoms with Crippen LogP contribution in [0.25, 0.3) is 0 Å². The van der Waals surface area contributed by atoms with Crippen molar-refractivity contribution < 1.29 is 14.7 Å². The van der Waals surface area contributed by atoms with Crippen LogP contribution in [0.4, 0.5) is 0 Å². The summed E-state index contributed by atoms with van der Waals surface area (Å²) in [5.74, 6) is -1.90. The molecule has 7 heteroatoms. The lowest BCUT2D eigenvalue weighted by molar-refractivity contribution is 0.0680. The van der Waals surface area contributed by atoms with Gasteiger partial charge in [0.2, 0.25) is 0 Å². The van der Waals surface area contributed by atoms with E-state index in [4.69, 9.17) is 16.2 Å². The van der Waals surface area contributed by atoms with Gasteiger partial charge in [0.25, 0.3) is 5.91 Å². The molecule has 6 nitrogen and oxygen atoms in total. The highest BCUT2D eigenvalue weighted by atomic mass is 79.9. The average molecular weight is 316 g/mol. The van der Waals surface area contributed by atoms with Gasteiger partial charge in [-0.25, -0.2) is 4.79 Å². The van der Waals surface area contributed by atoms with E-state index in [2.05, 4.69) is 15.9 Å². The third kappa shape index (κ3) is 2.79. The number of pyridine rings is 1. The second kappa shape index (κ2) is 5.81. The van der Waals surface area contributed by atoms with Crippen LogP contribution >= 0.6 is 15.9 Å². The molecule has 0 radical (unpaired) electrons. The minimum absolute atomic E-state index is 0.00276. The zero-order valence-electron chi connectivity index (χ0n) is 9.86. The molecule has 1 heterocycles. The van der Waals surface area contributed by atoms with Crippen molar-refractivity contribution in [2.24, 2.45) is 5.73 Å². The molecular weight excluding hydrogens is 302 g/mol. The number of carboxylic acids is 1. The quantitative estimate of drug-likeness (QED) is 0.762. The normalized spacial score (nSPS) is 10.3. The molecule has 1 aromatic rings. The van der Waals surface area contributed by atoms with E-state index in [0.29, 0.717) is 13.0 Å². The number of carbonyl (C=O) groups is 2. The molecule has 0 saturated carbocycles. The number of aromatic carboxylic acids is 1. The van der Waals surface area contributed by atoms with Crippen LogP contribution in [-0.4, -0.2) is 21.6 Å². The molecule has 0 atom stereocenters. The van der Waals surface area contributed by atoms with Gasteiger partial charge < -0.3 is 15.4 Å². The van der Waals surface area contributed by atoms with E-state index >= 15 is 0 Å². The summed E-state index contributed by atoms with van der Waals surface area (Å²) in [6, 6.07) is 1.27. The van der Waals surface area contributed by atoms with E-state index in [-0.39, 0.29) is 21.2 Å². The number of unbranched alkanes of at least 4 members (excludes halogenated alkanes) is 1. The van der Waals surface area contributed by atoms with Gasteiger partial charge in [0.15, 0.2) is 0 Å². The number of primary amides is 1. The Morgan fingerprint density at radius 1 is 1.56 bits per heavy atom. The van der Waals surface area contributed by atoms with Gasteiger partial charge in [-0.05, 0) is 28.4 Å². The fourth-order valence-corrected chi connectivity index (χ4v) is 2.21. The molecule has 98 valence electrons. The van der Waals surface area contributed by atoms with Crippen LogP contribution in [0.3, 0.4) is 0 Å². The first-order valence-corrected chi connectivity index (χ1v) is 6.20. The first kappa shape index (κ1) is 14.4. The molecule has 0 aromatic carbocycles. The topological polar surface area (TPSA) is 109 Å². The fourth-order valence-electron chi connectivity index (χ4n) is 1.59. The zero-order chi connectivity index (χ0) is 13.9. The van der Waals surface area contributed by atoms with Crippen molar-refractivity contribution in [2.75, 3.05) is 0 Å². The van der Waals surface area contributed by atoms with Crippen molar-refractivity contribution in [1.82, 2.24) is 4.57 Å². The number of nitrogens with one attached hydrogen (secondary N) is 1. The Labute approximate surface area is 112 Å². The molecule has 0 aliphatic carbocycles. The molecule has 0 unspecified atom stereocenters. The monoisotopic (exact) mass is 315 g/mol. The van der Waals surface area contributed by atoms with Crippen LogP contribution in [0.1, 0.15) is 40.6 Å². The van der Waals surface area contributed by atoms with Crippen molar-refractivity contribution >= 4 is 27.8 Å². The van der Waals surface area contributed by atoms with Crippen molar-refractivity contribution in [3.8, 4) is 0 Å². The summed E-state index contributed by atoms with van der Waals surface area (Å²) < 4.78 is 1.53. The predicted molar refractivity (Wildman–Crippen MR) is 68.4 cm³/mol. The molecular formula is C11H14BrN3O3. The minimum atomic E-state index is -1.15. The summed E-state index contributed by atoms with van der Waals surface area (Å²) in [7, 11) is 0. The summed E-state index contributed by atoms with van der Waals surface area (Å²) in [6.07, 6.45) is 1.56. The number of hydrogen-bond donors (Lipinski definition) is 3. The van der Waals surface area contributed by atoms with Crippen LogP contribution in [0.15, 0.2) is 10.5 Å². The first-order valence-electron chi connectivity index (χ1n) is 5.41. The van der Waals surface area contributed by atoms with Gasteiger partial charge in [-0.2, -0.15) is 0 Å². The molecule has 0 aliphatic heterocycles. The summed E-state index contributed by atoms with van der Waals surface area (Å²) >= 11 is 3.10. The van der Waals surface area contributed by atoms with Crippen LogP contribution in [0.2, 0.25) is 0 Å². The highest BCUT2D eigenvalue weighted by molar-refractivity contribution is 9.10. The van der Waals surface area contributed by atoms with Crippen LogP contribution in [0, 0.1) is 5.41 Å². The number of aromatic nitrogens is 1. The largest absolute Gasteiger partial charge is 0.477 e. The zero-order valence-corrected chi connectivity index (χ0v) is 11.5. The summed E-state index contributed by atoms with van der Waals surface area (Å²) in [6.45, 7) is 2.31. The van der Waals surface area contributed by atoms with Crippen molar-refractivity contribution in [2.45, 2.75) is 26.3 Å². The summed E-state index contributed by atoms with van der Waals surface area (Å²) in [4.78, 5) is 22.4. The molecule has 0 bridgehead atoms. The first-order chi connectivity index (χ1) is 8.40. The molecule has 1 amide bonds. The Bertz CT molecular complexity index is 551. The Kier molecular flexibility index (Phi) is 4.66. The van der Waals surface area contributed by atoms with E-state index in [9.17, 15) is 9.59 Å². The number of carboxylic acid groups (broad SMARTS) is 1. The minimum Gasteiger partial charge on any atom is -0.477 e. The summed E-state index contributed by atoms with van der Waals surface area (Å²) in [5, 5.41) is 17.0. The lowest BCUT2D eigenvalue weighted by Crippen LogP contribution is -2.33. The second-order valence-electron chi connectivity index (χ2n) is 3.78. The van der Waals surface area contributed by atoms with E-state index in [0.717, 1.165) is 6.42 Å². The number of nitrogens with zero attached hydrogens (tertiary/aromatic N) is 1. The van der Waals surface area contributed by atoms with Crippen LogP contribution < -0.4 is 11.2 Å². The Balaban J connectivity index is 3.54. The van der Waals surface area contributed by atoms with Crippen molar-refractivity contribution in [3.63, 3.8) is 0 Å². The van der Waals surface area contributed by atoms with Crippen LogP contribution in [-0.2, 0) is 6.54 Å². The van der Waals surface area contributed by atoms with Gasteiger partial charge in [0, 0.05) is 11.0 Å². The number of nitrogens with two attached hydrogens (primary N) is 1. The number of hydrogen-bond acceptors (Lipinski definition) is 3. The smallest absolute Gasteiger partial charge is 0.353 e. The van der Waals surface area contributed by atoms with E-state index < -0.39 is 11.9 Å². The summed E-state index contributed by atoms with van der Waals surface area (Å²) in [5.41, 5.74) is 4.96. The van der Waals surface area contributed by atoms with Crippen LogP contribution in [0.5, 0.6) is 0 Å². The molecule has 1 aromatic heterocycles. The third-order valence-corrected chi connectivity index (χ3v) is 3.10. The molecule has 1 rings (SSSR count). The lowest BCUT2D eigenvalue weighted by Gasteiger charge is -2.14. The standard InChI is InChI=1S/C11H14BrN3O3/c1-2-3-4-15-8(11(17)18)7(12)5-6(9(15)13)10(14)16/h5,13H,2-4H2,1H3,(H2,14,16)(H,17,18). The maximum Gasteiger partial charge on any atom is 0.353 e. The Morgan fingerprint density at radius 3 is 2.61 bits per heavy atom. The molecule has 18 heavy (non-hydrogen) atoms. The SMILES string of the molecule is CCCCn1c(C(=O)O)c(Br)cc(C(N)=O)c1=N. The van der Waals surface area contributed by atoms with Gasteiger partial charge in [-0.3, -0.25) is 10.2 Å². The average Bonchev–Trinajstić information content (AvgIpc) is 2.28. The van der Waals surface area contributed by atoms with E-state index in [1.54, 1.807) is 0 Å². The van der Waals surface area contributed by atoms with Gasteiger partial charge in [0.05, 0.1) is 5.56 Å². The molecule has 0 spiro atoms. The number of halogens is 1. The third-order valence-electron chi connectivity index (χ3n) is 2.50. The maximum atomic E-state index is 11.2. The molecule has 0 fully saturated rings. The fraction of sp³-hybridized carbons (Fsp3) is 0.364. The van der Waals surface area contributed by atoms with Crippen molar-refractivity contribution in [3.05, 3.63) is 27.3 Å². The van der Waals surface area contributed by atoms with E-state index in [1.807, 2.05) is 6.92 Å². The van der Waals surface area contributed by atoms with E-state index in [1.165, 1.54) is 10.6 Å². The predicted octanol–water partition coefficient (Wildman–Crippen LogP) is 1.33. The molecule has 4 N–H and O–H groups in total. The maximum absolute atomic E-state index is 11.2. The lowest BCUT2D eigenvalue weighted by atomic mass is 10.2. The number of carbonyl (C=O) groups excluding carboxylic acids is 1. The van der Waals surface area contributed by atoms with Gasteiger partial charge in [0.1, 0.15) is 11.2 Å². The Hall–Kier alpha value is -1.63. The molecule has 0 saturated heterocycles. The van der Waals surface area contributed by atoms with Gasteiger partial charge >= 0.3 is 5.97 Å². The number of amides is 1. The van der Waals surface area contributed by atoms with Gasteiger partial charge in [-0.15, -0.1) is 0 Å².